The first kappa shape index (κ1) is 33.0. The van der Waals surface area contributed by atoms with Crippen LogP contribution in [0.1, 0.15) is 65.0 Å². The molecule has 0 unspecified atom stereocenters. The summed E-state index contributed by atoms with van der Waals surface area (Å²) in [7, 11) is 0. The molecular formula is C58H50N4OPt-2. The maximum Gasteiger partial charge on any atom is 0.268 e. The molecule has 7 aromatic carbocycles. The van der Waals surface area contributed by atoms with E-state index >= 15 is 0 Å². The summed E-state index contributed by atoms with van der Waals surface area (Å²) in [6.45, 7) is 11.2. The van der Waals surface area contributed by atoms with Crippen LogP contribution in [0.4, 0.5) is 0 Å². The molecule has 0 N–H and O–H groups in total. The summed E-state index contributed by atoms with van der Waals surface area (Å²) in [5.41, 5.74) is 5.24. The van der Waals surface area contributed by atoms with Crippen molar-refractivity contribution in [3.05, 3.63) is 199 Å². The minimum Gasteiger partial charge on any atom is -0.510 e. The van der Waals surface area contributed by atoms with E-state index in [2.05, 4.69) is 18.5 Å². The first-order valence-corrected chi connectivity index (χ1v) is 21.0. The Labute approximate surface area is 403 Å². The average molecular weight is 1020 g/mol. The molecule has 64 heavy (non-hydrogen) atoms. The van der Waals surface area contributed by atoms with Crippen LogP contribution in [0, 0.1) is 29.3 Å². The van der Waals surface area contributed by atoms with E-state index in [1.807, 2.05) is 152 Å². The number of fused-ring (bicyclic) bond motifs is 4. The van der Waals surface area contributed by atoms with Crippen LogP contribution in [0.5, 0.6) is 11.5 Å². The fourth-order valence-electron chi connectivity index (χ4n) is 8.17. The van der Waals surface area contributed by atoms with E-state index in [0.717, 1.165) is 16.3 Å². The maximum absolute atomic E-state index is 9.15. The van der Waals surface area contributed by atoms with Crippen LogP contribution in [0.2, 0.25) is 0 Å². The van der Waals surface area contributed by atoms with Gasteiger partial charge in [0.05, 0.1) is 23.6 Å². The van der Waals surface area contributed by atoms with E-state index in [-0.39, 0.29) is 38.7 Å². The third-order valence-electron chi connectivity index (χ3n) is 10.5. The molecule has 0 fully saturated rings. The molecule has 10 aromatic rings. The van der Waals surface area contributed by atoms with Gasteiger partial charge in [0.15, 0.2) is 0 Å². The second kappa shape index (κ2) is 17.2. The number of para-hydroxylation sites is 4. The van der Waals surface area contributed by atoms with Gasteiger partial charge in [-0.05, 0) is 86.2 Å². The first-order chi connectivity index (χ1) is 34.1. The number of rotatable bonds is 9. The van der Waals surface area contributed by atoms with Crippen LogP contribution < -0.4 is 9.30 Å². The van der Waals surface area contributed by atoms with Crippen molar-refractivity contribution in [2.75, 3.05) is 0 Å². The number of nitrogens with zero attached hydrogens (tertiary/aromatic N) is 4. The molecule has 0 aliphatic heterocycles. The second-order valence-electron chi connectivity index (χ2n) is 17.6. The van der Waals surface area contributed by atoms with Crippen molar-refractivity contribution in [1.82, 2.24) is 14.1 Å². The molecule has 0 saturated heterocycles. The monoisotopic (exact) mass is 1020 g/mol. The van der Waals surface area contributed by atoms with Crippen LogP contribution in [0.3, 0.4) is 0 Å². The zero-order valence-corrected chi connectivity index (χ0v) is 38.6. The van der Waals surface area contributed by atoms with Gasteiger partial charge in [-0.25, -0.2) is 4.98 Å². The molecule has 0 atom stereocenters. The molecule has 10 rings (SSSR count). The number of pyridine rings is 1. The van der Waals surface area contributed by atoms with Gasteiger partial charge in [0.25, 0.3) is 6.33 Å². The summed E-state index contributed by atoms with van der Waals surface area (Å²) in [4.78, 5) is 4.74. The van der Waals surface area contributed by atoms with Crippen molar-refractivity contribution in [2.24, 2.45) is 10.8 Å². The van der Waals surface area contributed by atoms with Gasteiger partial charge in [-0.3, -0.25) is 4.57 Å². The normalized spacial score (nSPS) is 14.4. The Balaban J connectivity index is 0.00000656. The zero-order valence-electron chi connectivity index (χ0n) is 45.3. The molecule has 0 bridgehead atoms. The second-order valence-corrected chi connectivity index (χ2v) is 17.6. The van der Waals surface area contributed by atoms with E-state index in [9.17, 15) is 0 Å². The van der Waals surface area contributed by atoms with Crippen LogP contribution in [-0.2, 0) is 33.8 Å². The molecule has 0 aliphatic carbocycles. The van der Waals surface area contributed by atoms with E-state index in [0.29, 0.717) is 73.1 Å². The Bertz CT molecular complexity index is 3770. The molecule has 320 valence electrons. The van der Waals surface area contributed by atoms with Gasteiger partial charge in [-0.15, -0.1) is 29.7 Å². The largest absolute Gasteiger partial charge is 0.510 e. The SMILES string of the molecule is [2H]c1c([2H])c([2H])c(-c2cccc(-c3cccc(C([2H])([2H])C(C)(C)C)c3)c2-[n+]2[c-]n(-c3[c-]c(Oc4[c-]c5c(cc4)c4ccccc4n5-c4cc(C([2H])([2H])C(C)(C)C)ccn4)ccc3)c3ccccc32)c([2H])c1[2H].[Pt]. The van der Waals surface area contributed by atoms with Crippen molar-refractivity contribution < 1.29 is 42.7 Å². The van der Waals surface area contributed by atoms with Crippen LogP contribution in [-0.4, -0.2) is 14.1 Å². The van der Waals surface area contributed by atoms with Gasteiger partial charge < -0.3 is 13.9 Å². The summed E-state index contributed by atoms with van der Waals surface area (Å²) in [6, 6.07) is 46.0. The standard InChI is InChI=1S/C58H50N4O.Pt/c1-57(2,3)37-40-17-14-20-43(33-40)48-25-16-24-47(42-18-8-7-9-19-42)56(48)61-39-60(52-27-12-13-28-53(52)61)44-21-15-22-45(35-44)63-46-29-30-50-49-23-10-11-26-51(49)62(54(50)36-46)55-34-41(31-32-59-55)38-58(4,5)6;/h7-34H,37-38H2,1-6H3;/q-2;/i7D,8D,9D,18D,19D,37D2,38D2;. The molecule has 0 amide bonds. The predicted molar refractivity (Wildman–Crippen MR) is 257 cm³/mol. The van der Waals surface area contributed by atoms with Crippen molar-refractivity contribution in [3.63, 3.8) is 0 Å². The fraction of sp³-hybridized carbons (Fsp3) is 0.172. The average Bonchev–Trinajstić information content (AvgIpc) is 3.90. The molecule has 0 saturated carbocycles. The third kappa shape index (κ3) is 8.58. The number of benzene rings is 7. The van der Waals surface area contributed by atoms with Crippen LogP contribution in [0.15, 0.2) is 170 Å². The Morgan fingerprint density at radius 1 is 0.641 bits per heavy atom. The first-order valence-electron chi connectivity index (χ1n) is 25.5. The van der Waals surface area contributed by atoms with Crippen LogP contribution >= 0.6 is 0 Å². The van der Waals surface area contributed by atoms with E-state index < -0.39 is 41.7 Å². The molecular weight excluding hydrogens is 964 g/mol. The van der Waals surface area contributed by atoms with E-state index in [4.69, 9.17) is 22.1 Å². The number of aromatic nitrogens is 4. The van der Waals surface area contributed by atoms with E-state index in [1.165, 1.54) is 0 Å². The molecule has 3 aromatic heterocycles. The predicted octanol–water partition coefficient (Wildman–Crippen LogP) is 14.1. The van der Waals surface area contributed by atoms with Gasteiger partial charge in [0.1, 0.15) is 5.82 Å². The quantitative estimate of drug-likeness (QED) is 0.107. The third-order valence-corrected chi connectivity index (χ3v) is 10.5. The van der Waals surface area contributed by atoms with Gasteiger partial charge in [-0.1, -0.05) is 162 Å². The summed E-state index contributed by atoms with van der Waals surface area (Å²) in [5, 5.41) is 1.90. The van der Waals surface area contributed by atoms with Crippen molar-refractivity contribution in [2.45, 2.75) is 54.3 Å². The number of hydrogen-bond acceptors (Lipinski definition) is 2. The topological polar surface area (TPSA) is 35.9 Å². The summed E-state index contributed by atoms with van der Waals surface area (Å²) >= 11 is 0. The molecule has 5 nitrogen and oxygen atoms in total. The van der Waals surface area contributed by atoms with Crippen molar-refractivity contribution in [3.8, 4) is 50.9 Å². The Hall–Kier alpha value is -6.55. The fourth-order valence-corrected chi connectivity index (χ4v) is 8.17. The Morgan fingerprint density at radius 2 is 1.31 bits per heavy atom. The summed E-state index contributed by atoms with van der Waals surface area (Å²) in [5.74, 6) is 1.34. The molecule has 0 radical (unpaired) electrons. The smallest absolute Gasteiger partial charge is 0.268 e. The molecule has 3 heterocycles. The zero-order chi connectivity index (χ0) is 51.2. The van der Waals surface area contributed by atoms with Crippen molar-refractivity contribution >= 4 is 32.8 Å². The van der Waals surface area contributed by atoms with Crippen LogP contribution in [0.25, 0.3) is 72.3 Å². The van der Waals surface area contributed by atoms with Gasteiger partial charge in [0.2, 0.25) is 0 Å². The number of hydrogen-bond donors (Lipinski definition) is 0. The van der Waals surface area contributed by atoms with Gasteiger partial charge in [0, 0.05) is 49.8 Å². The minimum atomic E-state index is -1.72. The molecule has 0 spiro atoms. The van der Waals surface area contributed by atoms with Gasteiger partial charge in [-0.2, -0.15) is 18.2 Å². The van der Waals surface area contributed by atoms with Gasteiger partial charge >= 0.3 is 0 Å². The maximum atomic E-state index is 9.15. The Morgan fingerprint density at radius 3 is 2.09 bits per heavy atom. The minimum absolute atomic E-state index is 0. The van der Waals surface area contributed by atoms with Crippen molar-refractivity contribution in [1.29, 1.82) is 0 Å². The Kier molecular flexibility index (Phi) is 8.88. The number of ether oxygens (including phenoxy) is 1. The molecule has 0 aliphatic rings. The van der Waals surface area contributed by atoms with E-state index in [1.54, 1.807) is 42.6 Å². The molecule has 6 heteroatoms. The summed E-state index contributed by atoms with van der Waals surface area (Å²) < 4.78 is 92.4. The summed E-state index contributed by atoms with van der Waals surface area (Å²) in [6.07, 6.45) is 1.83. The number of imidazole rings is 1.